The van der Waals surface area contributed by atoms with E-state index in [4.69, 9.17) is 18.9 Å². The van der Waals surface area contributed by atoms with Gasteiger partial charge in [-0.2, -0.15) is 0 Å². The molecule has 194 valence electrons. The molecule has 2 aromatic carbocycles. The van der Waals surface area contributed by atoms with Crippen LogP contribution in [0.3, 0.4) is 0 Å². The third-order valence-electron chi connectivity index (χ3n) is 6.37. The zero-order chi connectivity index (χ0) is 26.2. The van der Waals surface area contributed by atoms with Crippen LogP contribution in [0.15, 0.2) is 72.9 Å². The summed E-state index contributed by atoms with van der Waals surface area (Å²) in [5, 5.41) is 10.3. The highest BCUT2D eigenvalue weighted by atomic mass is 16.6. The summed E-state index contributed by atoms with van der Waals surface area (Å²) < 4.78 is 23.3. The molecule has 0 spiro atoms. The Hall–Kier alpha value is -3.91. The van der Waals surface area contributed by atoms with Gasteiger partial charge in [0.15, 0.2) is 23.0 Å². The Kier molecular flexibility index (Phi) is 8.74. The number of para-hydroxylation sites is 1. The fourth-order valence-corrected chi connectivity index (χ4v) is 4.46. The molecule has 8 heteroatoms. The van der Waals surface area contributed by atoms with Gasteiger partial charge in [0.05, 0.1) is 26.2 Å². The predicted molar refractivity (Wildman–Crippen MR) is 136 cm³/mol. The molecule has 0 saturated carbocycles. The normalized spacial score (nSPS) is 22.2. The summed E-state index contributed by atoms with van der Waals surface area (Å²) in [5.74, 6) is -1.62. The first-order chi connectivity index (χ1) is 18.0. The molecule has 4 rings (SSSR count). The summed E-state index contributed by atoms with van der Waals surface area (Å²) in [6.07, 6.45) is 0.707. The van der Waals surface area contributed by atoms with Crippen molar-refractivity contribution in [3.05, 3.63) is 84.2 Å². The second kappa shape index (κ2) is 12.4. The fourth-order valence-electron chi connectivity index (χ4n) is 4.46. The van der Waals surface area contributed by atoms with Gasteiger partial charge in [0.25, 0.3) is 0 Å². The van der Waals surface area contributed by atoms with Gasteiger partial charge in [-0.15, -0.1) is 0 Å². The maximum absolute atomic E-state index is 13.2. The van der Waals surface area contributed by atoms with E-state index in [9.17, 15) is 14.7 Å². The summed E-state index contributed by atoms with van der Waals surface area (Å²) in [7, 11) is 1.38. The molecule has 1 saturated heterocycles. The Morgan fingerprint density at radius 1 is 1.05 bits per heavy atom. The zero-order valence-corrected chi connectivity index (χ0v) is 20.9. The summed E-state index contributed by atoms with van der Waals surface area (Å²) >= 11 is 0. The number of ether oxygens (including phenoxy) is 4. The second-order valence-corrected chi connectivity index (χ2v) is 9.06. The molecular formula is C29H31NO7. The Morgan fingerprint density at radius 3 is 2.46 bits per heavy atom. The second-order valence-electron chi connectivity index (χ2n) is 9.06. The standard InChI is InChI=1S/C29H31NO7/c1-19-28(37-23-11-7-4-8-12-23)21(15-20-9-5-3-6-10-20)17-35-18-22(29(33)36-19)16-24(31)26-27(32)25(34-2)13-14-30-26/h3-14,19,21-22,28,32H,15-18H2,1-2H3/t19-,21-,22-,28-/m0/s1. The van der Waals surface area contributed by atoms with E-state index in [1.807, 2.05) is 60.7 Å². The summed E-state index contributed by atoms with van der Waals surface area (Å²) in [5.41, 5.74) is 0.953. The Bertz CT molecular complexity index is 1190. The third-order valence-corrected chi connectivity index (χ3v) is 6.37. The molecule has 37 heavy (non-hydrogen) atoms. The van der Waals surface area contributed by atoms with Gasteiger partial charge in [0, 0.05) is 24.6 Å². The van der Waals surface area contributed by atoms with Gasteiger partial charge in [-0.3, -0.25) is 9.59 Å². The van der Waals surface area contributed by atoms with E-state index < -0.39 is 29.9 Å². The number of hydrogen-bond donors (Lipinski definition) is 1. The highest BCUT2D eigenvalue weighted by molar-refractivity contribution is 5.99. The van der Waals surface area contributed by atoms with Crippen molar-refractivity contribution in [3.8, 4) is 17.2 Å². The highest BCUT2D eigenvalue weighted by Gasteiger charge is 2.37. The number of Topliss-reactive ketones (excluding diaryl/α,β-unsaturated/α-hetero) is 1. The van der Waals surface area contributed by atoms with E-state index in [-0.39, 0.29) is 36.1 Å². The van der Waals surface area contributed by atoms with Crippen LogP contribution in [0.1, 0.15) is 29.4 Å². The minimum Gasteiger partial charge on any atom is -0.503 e. The summed E-state index contributed by atoms with van der Waals surface area (Å²) in [6, 6.07) is 20.8. The molecule has 0 bridgehead atoms. The topological polar surface area (TPSA) is 104 Å². The maximum Gasteiger partial charge on any atom is 0.312 e. The molecule has 4 atom stereocenters. The number of esters is 1. The largest absolute Gasteiger partial charge is 0.503 e. The van der Waals surface area contributed by atoms with Gasteiger partial charge < -0.3 is 24.1 Å². The van der Waals surface area contributed by atoms with Crippen molar-refractivity contribution >= 4 is 11.8 Å². The van der Waals surface area contributed by atoms with E-state index in [2.05, 4.69) is 4.98 Å². The molecule has 0 unspecified atom stereocenters. The summed E-state index contributed by atoms with van der Waals surface area (Å²) in [6.45, 7) is 2.09. The van der Waals surface area contributed by atoms with E-state index in [1.165, 1.54) is 19.4 Å². The van der Waals surface area contributed by atoms with Crippen LogP contribution in [0, 0.1) is 11.8 Å². The van der Waals surface area contributed by atoms with E-state index >= 15 is 0 Å². The van der Waals surface area contributed by atoms with Crippen molar-refractivity contribution in [2.45, 2.75) is 32.0 Å². The van der Waals surface area contributed by atoms with Gasteiger partial charge in [-0.25, -0.2) is 4.98 Å². The van der Waals surface area contributed by atoms with Crippen LogP contribution in [0.4, 0.5) is 0 Å². The van der Waals surface area contributed by atoms with Crippen molar-refractivity contribution in [1.82, 2.24) is 4.98 Å². The quantitative estimate of drug-likeness (QED) is 0.358. The Balaban J connectivity index is 1.54. The van der Waals surface area contributed by atoms with E-state index in [1.54, 1.807) is 6.92 Å². The van der Waals surface area contributed by atoms with Crippen LogP contribution in [-0.2, 0) is 20.7 Å². The zero-order valence-electron chi connectivity index (χ0n) is 20.9. The number of methoxy groups -OCH3 is 1. The van der Waals surface area contributed by atoms with Crippen LogP contribution >= 0.6 is 0 Å². The molecule has 1 aromatic heterocycles. The molecule has 1 aliphatic rings. The summed E-state index contributed by atoms with van der Waals surface area (Å²) in [4.78, 5) is 30.1. The first-order valence-electron chi connectivity index (χ1n) is 12.2. The smallest absolute Gasteiger partial charge is 0.312 e. The minimum absolute atomic E-state index is 0.00856. The first kappa shape index (κ1) is 26.2. The van der Waals surface area contributed by atoms with Crippen molar-refractivity contribution in [3.63, 3.8) is 0 Å². The number of benzene rings is 2. The third kappa shape index (κ3) is 6.65. The van der Waals surface area contributed by atoms with Gasteiger partial charge in [-0.1, -0.05) is 48.5 Å². The van der Waals surface area contributed by atoms with Crippen LogP contribution < -0.4 is 9.47 Å². The number of cyclic esters (lactones) is 1. The molecule has 1 aliphatic heterocycles. The number of hydrogen-bond acceptors (Lipinski definition) is 8. The molecule has 0 aliphatic carbocycles. The number of nitrogens with zero attached hydrogens (tertiary/aromatic N) is 1. The van der Waals surface area contributed by atoms with Crippen LogP contribution in [0.2, 0.25) is 0 Å². The molecular weight excluding hydrogens is 474 g/mol. The Labute approximate surface area is 216 Å². The van der Waals surface area contributed by atoms with Gasteiger partial charge in [-0.05, 0) is 31.0 Å². The molecule has 8 nitrogen and oxygen atoms in total. The molecule has 1 fully saturated rings. The molecule has 2 heterocycles. The number of carbonyl (C=O) groups excluding carboxylic acids is 2. The Morgan fingerprint density at radius 2 is 1.76 bits per heavy atom. The fraction of sp³-hybridized carbons (Fsp3) is 0.345. The van der Waals surface area contributed by atoms with Crippen molar-refractivity contribution in [2.75, 3.05) is 20.3 Å². The van der Waals surface area contributed by atoms with Gasteiger partial charge in [0.1, 0.15) is 18.0 Å². The average Bonchev–Trinajstić information content (AvgIpc) is 2.95. The lowest BCUT2D eigenvalue weighted by molar-refractivity contribution is -0.158. The number of aromatic nitrogens is 1. The number of aromatic hydroxyl groups is 1. The monoisotopic (exact) mass is 505 g/mol. The number of ketones is 1. The van der Waals surface area contributed by atoms with Crippen LogP contribution in [-0.4, -0.2) is 54.4 Å². The SMILES string of the molecule is COc1ccnc(C(=O)C[C@H]2COC[C@H](Cc3ccccc3)[C@@H](Oc3ccccc3)[C@H](C)OC2=O)c1O. The number of pyridine rings is 1. The van der Waals surface area contributed by atoms with Crippen LogP contribution in [0.5, 0.6) is 17.2 Å². The molecule has 1 N–H and O–H groups in total. The lowest BCUT2D eigenvalue weighted by Gasteiger charge is -2.31. The average molecular weight is 506 g/mol. The van der Waals surface area contributed by atoms with Gasteiger partial charge >= 0.3 is 5.97 Å². The van der Waals surface area contributed by atoms with Crippen LogP contribution in [0.25, 0.3) is 0 Å². The van der Waals surface area contributed by atoms with E-state index in [0.717, 1.165) is 5.56 Å². The minimum atomic E-state index is -0.866. The van der Waals surface area contributed by atoms with E-state index in [0.29, 0.717) is 18.8 Å². The van der Waals surface area contributed by atoms with Crippen molar-refractivity contribution in [1.29, 1.82) is 0 Å². The first-order valence-corrected chi connectivity index (χ1v) is 12.2. The number of carbonyl (C=O) groups is 2. The lowest BCUT2D eigenvalue weighted by Crippen LogP contribution is -2.42. The predicted octanol–water partition coefficient (Wildman–Crippen LogP) is 4.25. The van der Waals surface area contributed by atoms with Crippen molar-refractivity contribution in [2.24, 2.45) is 11.8 Å². The lowest BCUT2D eigenvalue weighted by atomic mass is 9.91. The van der Waals surface area contributed by atoms with Crippen molar-refractivity contribution < 1.29 is 33.6 Å². The number of rotatable bonds is 8. The molecule has 0 amide bonds. The molecule has 3 aromatic rings. The maximum atomic E-state index is 13.2. The molecule has 0 radical (unpaired) electrons. The van der Waals surface area contributed by atoms with Gasteiger partial charge in [0.2, 0.25) is 0 Å². The highest BCUT2D eigenvalue weighted by Crippen LogP contribution is 2.30.